The number of nitrogens with zero attached hydrogens (tertiary/aromatic N) is 6. The first-order valence-corrected chi connectivity index (χ1v) is 11.6. The van der Waals surface area contributed by atoms with Crippen molar-refractivity contribution >= 4 is 23.8 Å². The Balaban J connectivity index is 1.42. The van der Waals surface area contributed by atoms with E-state index >= 15 is 0 Å². The Hall–Kier alpha value is -3.79. The lowest BCUT2D eigenvalue weighted by Crippen LogP contribution is -2.48. The molecule has 1 amide bonds. The van der Waals surface area contributed by atoms with Crippen LogP contribution in [0.1, 0.15) is 28.0 Å². The molecule has 4 rings (SSSR count). The minimum absolute atomic E-state index is 0.0000982. The molecule has 2 aliphatic rings. The molecule has 2 fully saturated rings. The number of nitriles is 1. The number of aliphatic hydroxyl groups is 1. The van der Waals surface area contributed by atoms with E-state index in [1.807, 2.05) is 18.0 Å². The zero-order valence-corrected chi connectivity index (χ0v) is 20.3. The number of aldehydes is 1. The molecule has 2 unspecified atom stereocenters. The lowest BCUT2D eigenvalue weighted by molar-refractivity contribution is -0.136. The van der Waals surface area contributed by atoms with Crippen LogP contribution < -0.4 is 15.0 Å². The first-order valence-electron chi connectivity index (χ1n) is 11.6. The number of pyridine rings is 2. The minimum atomic E-state index is -1.25. The van der Waals surface area contributed by atoms with Gasteiger partial charge in [0.1, 0.15) is 41.3 Å². The highest BCUT2D eigenvalue weighted by atomic mass is 16.5. The molecule has 36 heavy (non-hydrogen) atoms. The second-order valence-electron chi connectivity index (χ2n) is 8.78. The Kier molecular flexibility index (Phi) is 7.94. The molecule has 2 N–H and O–H groups in total. The lowest BCUT2D eigenvalue weighted by Gasteiger charge is -2.32. The van der Waals surface area contributed by atoms with Gasteiger partial charge in [0.05, 0.1) is 18.8 Å². The SMILES string of the molecule is CN1CCN(Cc2ccc(N(C)C(O)Nc3cc(OCC4CCO4)c(C#N)cn3)nc2C=O)C(=O)C1. The molecule has 0 aliphatic carbocycles. The molecular formula is C24H29N7O5. The molecule has 0 saturated carbocycles. The van der Waals surface area contributed by atoms with Gasteiger partial charge in [-0.3, -0.25) is 14.5 Å². The third kappa shape index (κ3) is 5.88. The number of carbonyl (C=O) groups excluding carboxylic acids is 2. The molecule has 2 atom stereocenters. The summed E-state index contributed by atoms with van der Waals surface area (Å²) in [4.78, 5) is 37.7. The van der Waals surface area contributed by atoms with Crippen molar-refractivity contribution in [1.29, 1.82) is 5.26 Å². The van der Waals surface area contributed by atoms with Gasteiger partial charge in [-0.1, -0.05) is 6.07 Å². The van der Waals surface area contributed by atoms with Crippen molar-refractivity contribution in [2.45, 2.75) is 25.4 Å². The zero-order chi connectivity index (χ0) is 25.7. The molecule has 2 aromatic heterocycles. The van der Waals surface area contributed by atoms with E-state index in [1.54, 1.807) is 24.1 Å². The number of amides is 1. The number of anilines is 2. The van der Waals surface area contributed by atoms with E-state index in [0.29, 0.717) is 62.1 Å². The summed E-state index contributed by atoms with van der Waals surface area (Å²) in [5.41, 5.74) is 1.10. The molecule has 0 aromatic carbocycles. The van der Waals surface area contributed by atoms with Gasteiger partial charge in [0.15, 0.2) is 6.29 Å². The quantitative estimate of drug-likeness (QED) is 0.350. The molecule has 0 radical (unpaired) electrons. The van der Waals surface area contributed by atoms with Crippen molar-refractivity contribution in [3.63, 3.8) is 0 Å². The monoisotopic (exact) mass is 495 g/mol. The first-order chi connectivity index (χ1) is 17.4. The number of nitrogens with one attached hydrogen (secondary N) is 1. The summed E-state index contributed by atoms with van der Waals surface area (Å²) < 4.78 is 11.1. The van der Waals surface area contributed by atoms with Crippen molar-refractivity contribution in [2.75, 3.05) is 57.2 Å². The predicted molar refractivity (Wildman–Crippen MR) is 129 cm³/mol. The van der Waals surface area contributed by atoms with Gasteiger partial charge in [-0.2, -0.15) is 5.26 Å². The Morgan fingerprint density at radius 2 is 2.25 bits per heavy atom. The van der Waals surface area contributed by atoms with Crippen molar-refractivity contribution in [3.05, 3.63) is 41.2 Å². The van der Waals surface area contributed by atoms with Gasteiger partial charge in [0.25, 0.3) is 0 Å². The Labute approximate surface area is 209 Å². The minimum Gasteiger partial charge on any atom is -0.489 e. The van der Waals surface area contributed by atoms with Crippen LogP contribution in [0, 0.1) is 11.3 Å². The highest BCUT2D eigenvalue weighted by Gasteiger charge is 2.24. The molecule has 0 bridgehead atoms. The number of rotatable bonds is 10. The molecule has 2 aromatic rings. The van der Waals surface area contributed by atoms with E-state index in [9.17, 15) is 20.0 Å². The van der Waals surface area contributed by atoms with E-state index in [0.717, 1.165) is 13.0 Å². The standard InChI is InChI=1S/C24H29N7O5/c1-29-6-7-31(23(33)13-29)12-16-3-4-22(27-19(16)14-32)30(2)24(34)28-21-9-20(17(10-25)11-26-21)36-15-18-5-8-35-18/h3-4,9,11,14,18,24,34H,5-8,12-13,15H2,1-2H3,(H,26,28). The van der Waals surface area contributed by atoms with Gasteiger partial charge in [-0.25, -0.2) is 9.97 Å². The van der Waals surface area contributed by atoms with Gasteiger partial charge < -0.3 is 29.7 Å². The van der Waals surface area contributed by atoms with Gasteiger partial charge in [-0.15, -0.1) is 0 Å². The van der Waals surface area contributed by atoms with Crippen LogP contribution in [0.2, 0.25) is 0 Å². The number of piperazine rings is 1. The van der Waals surface area contributed by atoms with Crippen LogP contribution in [0.15, 0.2) is 24.4 Å². The van der Waals surface area contributed by atoms with E-state index < -0.39 is 6.35 Å². The topological polar surface area (TPSA) is 144 Å². The number of carbonyl (C=O) groups is 2. The molecule has 12 nitrogen and oxygen atoms in total. The second-order valence-corrected chi connectivity index (χ2v) is 8.78. The van der Waals surface area contributed by atoms with Crippen molar-refractivity contribution in [3.8, 4) is 11.8 Å². The smallest absolute Gasteiger partial charge is 0.237 e. The number of hydrogen-bond donors (Lipinski definition) is 2. The summed E-state index contributed by atoms with van der Waals surface area (Å²) >= 11 is 0. The van der Waals surface area contributed by atoms with Crippen LogP contribution in [-0.4, -0.2) is 96.5 Å². The largest absolute Gasteiger partial charge is 0.489 e. The van der Waals surface area contributed by atoms with Crippen molar-refractivity contribution in [1.82, 2.24) is 19.8 Å². The summed E-state index contributed by atoms with van der Waals surface area (Å²) in [6.07, 6.45) is 1.67. The second kappa shape index (κ2) is 11.3. The maximum absolute atomic E-state index is 12.3. The number of aliphatic hydroxyl groups excluding tert-OH is 1. The predicted octanol–water partition coefficient (Wildman–Crippen LogP) is 0.427. The summed E-state index contributed by atoms with van der Waals surface area (Å²) in [6, 6.07) is 6.98. The highest BCUT2D eigenvalue weighted by molar-refractivity contribution is 5.80. The summed E-state index contributed by atoms with van der Waals surface area (Å²) in [5, 5.41) is 22.9. The molecule has 2 saturated heterocycles. The van der Waals surface area contributed by atoms with E-state index in [1.165, 1.54) is 17.2 Å². The molecule has 0 spiro atoms. The fourth-order valence-corrected chi connectivity index (χ4v) is 3.80. The van der Waals surface area contributed by atoms with Crippen LogP contribution >= 0.6 is 0 Å². The van der Waals surface area contributed by atoms with Gasteiger partial charge in [0.2, 0.25) is 12.3 Å². The summed E-state index contributed by atoms with van der Waals surface area (Å²) in [5.74, 6) is 0.973. The van der Waals surface area contributed by atoms with E-state index in [4.69, 9.17) is 9.47 Å². The Morgan fingerprint density at radius 3 is 2.92 bits per heavy atom. The van der Waals surface area contributed by atoms with Crippen LogP contribution in [0.25, 0.3) is 0 Å². The average Bonchev–Trinajstić information content (AvgIpc) is 2.84. The molecule has 4 heterocycles. The molecule has 12 heteroatoms. The van der Waals surface area contributed by atoms with Gasteiger partial charge in [0, 0.05) is 51.3 Å². The van der Waals surface area contributed by atoms with Crippen LogP contribution in [0.4, 0.5) is 11.6 Å². The first kappa shape index (κ1) is 25.3. The maximum Gasteiger partial charge on any atom is 0.237 e. The van der Waals surface area contributed by atoms with E-state index in [2.05, 4.69) is 15.3 Å². The molecular weight excluding hydrogens is 466 g/mol. The third-order valence-corrected chi connectivity index (χ3v) is 6.19. The normalized spacial score (nSPS) is 18.7. The third-order valence-electron chi connectivity index (χ3n) is 6.19. The number of hydrogen-bond acceptors (Lipinski definition) is 11. The fraction of sp³-hybridized carbons (Fsp3) is 0.458. The number of likely N-dealkylation sites (N-methyl/N-ethyl adjacent to an activating group) is 1. The fourth-order valence-electron chi connectivity index (χ4n) is 3.80. The van der Waals surface area contributed by atoms with Crippen LogP contribution in [-0.2, 0) is 16.1 Å². The van der Waals surface area contributed by atoms with Crippen molar-refractivity contribution < 1.29 is 24.2 Å². The molecule has 2 aliphatic heterocycles. The van der Waals surface area contributed by atoms with Crippen LogP contribution in [0.5, 0.6) is 5.75 Å². The number of aromatic nitrogens is 2. The Bertz CT molecular complexity index is 1150. The van der Waals surface area contributed by atoms with Crippen molar-refractivity contribution in [2.24, 2.45) is 0 Å². The van der Waals surface area contributed by atoms with Gasteiger partial charge in [-0.05, 0) is 13.1 Å². The Morgan fingerprint density at radius 1 is 1.44 bits per heavy atom. The van der Waals surface area contributed by atoms with Crippen LogP contribution in [0.3, 0.4) is 0 Å². The highest BCUT2D eigenvalue weighted by Crippen LogP contribution is 2.24. The summed E-state index contributed by atoms with van der Waals surface area (Å²) in [7, 11) is 3.50. The van der Waals surface area contributed by atoms with E-state index in [-0.39, 0.29) is 23.3 Å². The lowest BCUT2D eigenvalue weighted by atomic mass is 10.1. The maximum atomic E-state index is 12.3. The zero-order valence-electron chi connectivity index (χ0n) is 20.3. The van der Waals surface area contributed by atoms with Gasteiger partial charge >= 0.3 is 0 Å². The summed E-state index contributed by atoms with van der Waals surface area (Å²) in [6.45, 7) is 3.00. The molecule has 190 valence electrons. The number of ether oxygens (including phenoxy) is 2. The average molecular weight is 496 g/mol.